The molecule has 0 saturated heterocycles. The van der Waals surface area contributed by atoms with E-state index in [4.69, 9.17) is 16.3 Å². The number of amides is 1. The number of thioether (sulfide) groups is 1. The second-order valence-electron chi connectivity index (χ2n) is 7.88. The molecule has 34 heavy (non-hydrogen) atoms. The van der Waals surface area contributed by atoms with Crippen molar-refractivity contribution in [1.29, 1.82) is 0 Å². The first-order valence-corrected chi connectivity index (χ1v) is 12.4. The number of hydrogen-bond acceptors (Lipinski definition) is 5. The zero-order valence-electron chi connectivity index (χ0n) is 18.6. The molecule has 4 aromatic rings. The number of aryl methyl sites for hydroxylation is 1. The molecule has 1 aliphatic heterocycles. The van der Waals surface area contributed by atoms with Gasteiger partial charge in [0, 0.05) is 22.9 Å². The van der Waals surface area contributed by atoms with Crippen molar-refractivity contribution in [1.82, 2.24) is 14.8 Å². The number of rotatable bonds is 6. The molecule has 6 nitrogen and oxygen atoms in total. The number of hydrogen-bond donors (Lipinski definition) is 0. The van der Waals surface area contributed by atoms with Gasteiger partial charge >= 0.3 is 0 Å². The summed E-state index contributed by atoms with van der Waals surface area (Å²) in [5.74, 6) is 1.65. The number of ether oxygens (including phenoxy) is 1. The first-order chi connectivity index (χ1) is 16.7. The molecule has 0 N–H and O–H groups in total. The third-order valence-corrected chi connectivity index (χ3v) is 6.97. The highest BCUT2D eigenvalue weighted by molar-refractivity contribution is 7.99. The number of benzene rings is 3. The van der Waals surface area contributed by atoms with Crippen LogP contribution in [0, 0.1) is 0 Å². The normalized spacial score (nSPS) is 12.9. The monoisotopic (exact) mass is 490 g/mol. The Hall–Kier alpha value is -3.29. The molecule has 5 rings (SSSR count). The van der Waals surface area contributed by atoms with Crippen LogP contribution < -0.4 is 9.64 Å². The second kappa shape index (κ2) is 9.91. The maximum atomic E-state index is 13.2. The average Bonchev–Trinajstić information content (AvgIpc) is 3.31. The number of para-hydroxylation sites is 2. The van der Waals surface area contributed by atoms with Crippen molar-refractivity contribution in [2.45, 2.75) is 18.0 Å². The summed E-state index contributed by atoms with van der Waals surface area (Å²) >= 11 is 7.51. The Labute approximate surface area is 207 Å². The summed E-state index contributed by atoms with van der Waals surface area (Å²) in [5, 5.41) is 10.2. The molecule has 172 valence electrons. The fourth-order valence-electron chi connectivity index (χ4n) is 4.19. The van der Waals surface area contributed by atoms with Crippen LogP contribution in [0.3, 0.4) is 0 Å². The zero-order chi connectivity index (χ0) is 23.5. The topological polar surface area (TPSA) is 60.3 Å². The maximum absolute atomic E-state index is 13.2. The van der Waals surface area contributed by atoms with Crippen LogP contribution in [0.4, 0.5) is 5.69 Å². The van der Waals surface area contributed by atoms with Crippen molar-refractivity contribution >= 4 is 35.0 Å². The number of anilines is 1. The van der Waals surface area contributed by atoms with E-state index in [0.717, 1.165) is 36.3 Å². The summed E-state index contributed by atoms with van der Waals surface area (Å²) < 4.78 is 7.50. The van der Waals surface area contributed by atoms with Gasteiger partial charge in [-0.15, -0.1) is 10.2 Å². The number of carbonyl (C=O) groups excluding carboxylic acids is 1. The van der Waals surface area contributed by atoms with Gasteiger partial charge in [-0.25, -0.2) is 0 Å². The molecule has 8 heteroatoms. The standard InChI is InChI=1S/C26H23ClN4O2S/c1-33-23-11-5-3-9-21(23)25-28-29-26(31(25)20-14-12-19(27)13-15-20)34-17-24(32)30-16-6-8-18-7-2-4-10-22(18)30/h2-5,7,9-15H,6,8,16-17H2,1H3. The molecule has 0 atom stereocenters. The molecule has 1 amide bonds. The average molecular weight is 491 g/mol. The largest absolute Gasteiger partial charge is 0.496 e. The van der Waals surface area contributed by atoms with Gasteiger partial charge in [0.2, 0.25) is 5.91 Å². The first kappa shape index (κ1) is 22.5. The molecular weight excluding hydrogens is 468 g/mol. The Kier molecular flexibility index (Phi) is 6.56. The number of halogens is 1. The van der Waals surface area contributed by atoms with E-state index in [1.807, 2.05) is 76.2 Å². The molecule has 0 unspecified atom stereocenters. The molecule has 0 aliphatic carbocycles. The summed E-state index contributed by atoms with van der Waals surface area (Å²) in [7, 11) is 1.63. The lowest BCUT2D eigenvalue weighted by Gasteiger charge is -2.29. The van der Waals surface area contributed by atoms with Crippen molar-refractivity contribution in [2.75, 3.05) is 24.3 Å². The molecule has 1 aromatic heterocycles. The van der Waals surface area contributed by atoms with Gasteiger partial charge in [0.1, 0.15) is 5.75 Å². The van der Waals surface area contributed by atoms with Crippen molar-refractivity contribution in [2.24, 2.45) is 0 Å². The first-order valence-electron chi connectivity index (χ1n) is 11.0. The molecule has 0 bridgehead atoms. The van der Waals surface area contributed by atoms with Crippen LogP contribution in [-0.2, 0) is 11.2 Å². The Morgan fingerprint density at radius 1 is 1.03 bits per heavy atom. The predicted molar refractivity (Wildman–Crippen MR) is 136 cm³/mol. The summed E-state index contributed by atoms with van der Waals surface area (Å²) in [6, 6.07) is 23.3. The van der Waals surface area contributed by atoms with E-state index in [2.05, 4.69) is 16.3 Å². The molecule has 1 aliphatic rings. The number of carbonyl (C=O) groups is 1. The van der Waals surface area contributed by atoms with Crippen molar-refractivity contribution in [3.05, 3.63) is 83.4 Å². The highest BCUT2D eigenvalue weighted by Crippen LogP contribution is 2.34. The molecule has 2 heterocycles. The van der Waals surface area contributed by atoms with E-state index in [-0.39, 0.29) is 11.7 Å². The van der Waals surface area contributed by atoms with Crippen molar-refractivity contribution in [3.8, 4) is 22.8 Å². The van der Waals surface area contributed by atoms with Crippen LogP contribution in [0.15, 0.2) is 78.0 Å². The quantitative estimate of drug-likeness (QED) is 0.326. The van der Waals surface area contributed by atoms with E-state index in [9.17, 15) is 4.79 Å². The minimum absolute atomic E-state index is 0.0571. The van der Waals surface area contributed by atoms with Crippen LogP contribution in [0.1, 0.15) is 12.0 Å². The van der Waals surface area contributed by atoms with Crippen LogP contribution in [0.5, 0.6) is 5.75 Å². The van der Waals surface area contributed by atoms with Crippen LogP contribution in [0.25, 0.3) is 17.1 Å². The summed E-state index contributed by atoms with van der Waals surface area (Å²) in [4.78, 5) is 15.1. The van der Waals surface area contributed by atoms with Crippen LogP contribution >= 0.6 is 23.4 Å². The number of fused-ring (bicyclic) bond motifs is 1. The van der Waals surface area contributed by atoms with Gasteiger partial charge in [0.15, 0.2) is 11.0 Å². The van der Waals surface area contributed by atoms with Gasteiger partial charge in [0.05, 0.1) is 18.4 Å². The summed E-state index contributed by atoms with van der Waals surface area (Å²) in [6.07, 6.45) is 1.96. The van der Waals surface area contributed by atoms with Gasteiger partial charge in [-0.3, -0.25) is 9.36 Å². The number of aromatic nitrogens is 3. The van der Waals surface area contributed by atoms with Crippen molar-refractivity contribution < 1.29 is 9.53 Å². The third kappa shape index (κ3) is 4.41. The van der Waals surface area contributed by atoms with Gasteiger partial charge in [-0.2, -0.15) is 0 Å². The smallest absolute Gasteiger partial charge is 0.237 e. The molecular formula is C26H23ClN4O2S. The lowest BCUT2D eigenvalue weighted by Crippen LogP contribution is -2.36. The van der Waals surface area contributed by atoms with E-state index in [1.165, 1.54) is 17.3 Å². The molecule has 0 fully saturated rings. The van der Waals surface area contributed by atoms with E-state index < -0.39 is 0 Å². The number of methoxy groups -OCH3 is 1. The van der Waals surface area contributed by atoms with Crippen molar-refractivity contribution in [3.63, 3.8) is 0 Å². The minimum Gasteiger partial charge on any atom is -0.496 e. The Morgan fingerprint density at radius 3 is 2.62 bits per heavy atom. The lowest BCUT2D eigenvalue weighted by molar-refractivity contribution is -0.116. The van der Waals surface area contributed by atoms with Gasteiger partial charge in [0.25, 0.3) is 0 Å². The summed E-state index contributed by atoms with van der Waals surface area (Å²) in [6.45, 7) is 0.729. The fourth-order valence-corrected chi connectivity index (χ4v) is 5.14. The Morgan fingerprint density at radius 2 is 1.79 bits per heavy atom. The molecule has 3 aromatic carbocycles. The second-order valence-corrected chi connectivity index (χ2v) is 9.26. The Bertz CT molecular complexity index is 1320. The molecule has 0 radical (unpaired) electrons. The SMILES string of the molecule is COc1ccccc1-c1nnc(SCC(=O)N2CCCc3ccccc32)n1-c1ccc(Cl)cc1. The number of nitrogens with zero attached hydrogens (tertiary/aromatic N) is 4. The highest BCUT2D eigenvalue weighted by atomic mass is 35.5. The molecule has 0 saturated carbocycles. The Balaban J connectivity index is 1.47. The van der Waals surface area contributed by atoms with Crippen LogP contribution in [0.2, 0.25) is 5.02 Å². The van der Waals surface area contributed by atoms with Crippen LogP contribution in [-0.4, -0.2) is 40.1 Å². The van der Waals surface area contributed by atoms with E-state index in [1.54, 1.807) is 7.11 Å². The highest BCUT2D eigenvalue weighted by Gasteiger charge is 2.24. The molecule has 0 spiro atoms. The third-order valence-electron chi connectivity index (χ3n) is 5.80. The van der Waals surface area contributed by atoms with E-state index in [0.29, 0.717) is 21.8 Å². The van der Waals surface area contributed by atoms with Gasteiger partial charge in [-0.05, 0) is 60.9 Å². The van der Waals surface area contributed by atoms with Gasteiger partial charge < -0.3 is 9.64 Å². The zero-order valence-corrected chi connectivity index (χ0v) is 20.2. The maximum Gasteiger partial charge on any atom is 0.237 e. The summed E-state index contributed by atoms with van der Waals surface area (Å²) in [5.41, 5.74) is 3.90. The lowest BCUT2D eigenvalue weighted by atomic mass is 10.0. The fraction of sp³-hybridized carbons (Fsp3) is 0.192. The van der Waals surface area contributed by atoms with E-state index >= 15 is 0 Å². The van der Waals surface area contributed by atoms with Gasteiger partial charge in [-0.1, -0.05) is 53.7 Å². The predicted octanol–water partition coefficient (Wildman–Crippen LogP) is 5.67. The minimum atomic E-state index is 0.0571.